The molecule has 0 radical (unpaired) electrons. The van der Waals surface area contributed by atoms with Crippen LogP contribution in [0.5, 0.6) is 0 Å². The van der Waals surface area contributed by atoms with Gasteiger partial charge in [-0.2, -0.15) is 15.5 Å². The summed E-state index contributed by atoms with van der Waals surface area (Å²) in [5.41, 5.74) is 5.13. The molecule has 4 aromatic heterocycles. The summed E-state index contributed by atoms with van der Waals surface area (Å²) in [6.45, 7) is 6.96. The van der Waals surface area contributed by atoms with Crippen molar-refractivity contribution in [1.29, 1.82) is 5.26 Å². The lowest BCUT2D eigenvalue weighted by molar-refractivity contribution is -0.141. The van der Waals surface area contributed by atoms with Crippen molar-refractivity contribution in [1.82, 2.24) is 29.3 Å². The summed E-state index contributed by atoms with van der Waals surface area (Å²) >= 11 is 0. The summed E-state index contributed by atoms with van der Waals surface area (Å²) in [6, 6.07) is 8.44. The van der Waals surface area contributed by atoms with Crippen LogP contribution in [-0.4, -0.2) is 72.6 Å². The Morgan fingerprint density at radius 3 is 2.45 bits per heavy atom. The van der Waals surface area contributed by atoms with E-state index in [9.17, 15) is 15.2 Å². The fourth-order valence-corrected chi connectivity index (χ4v) is 6.10. The van der Waals surface area contributed by atoms with Crippen LogP contribution >= 0.6 is 0 Å². The van der Waals surface area contributed by atoms with Crippen molar-refractivity contribution in [3.63, 3.8) is 0 Å². The molecule has 2 fully saturated rings. The van der Waals surface area contributed by atoms with E-state index in [2.05, 4.69) is 33.3 Å². The minimum absolute atomic E-state index is 0.0747. The van der Waals surface area contributed by atoms with Crippen LogP contribution in [0.15, 0.2) is 49.2 Å². The highest BCUT2D eigenvalue weighted by atomic mass is 16.3. The molecule has 206 valence electrons. The molecule has 10 nitrogen and oxygen atoms in total. The van der Waals surface area contributed by atoms with Gasteiger partial charge in [0.05, 0.1) is 23.5 Å². The SMILES string of the molecule is CC(C)C(O)C(=O)N1CCC2(CCN(c3ccc(-c4cc(-c5cnn(C)c5)cn5ncc(C#N)c45)cn3)CC2)C1. The highest BCUT2D eigenvalue weighted by Crippen LogP contribution is 2.41. The fraction of sp³-hybridized carbons (Fsp3) is 0.433. The number of fused-ring (bicyclic) bond motifs is 1. The summed E-state index contributed by atoms with van der Waals surface area (Å²) in [7, 11) is 1.88. The van der Waals surface area contributed by atoms with Gasteiger partial charge in [0.25, 0.3) is 5.91 Å². The molecule has 6 heterocycles. The van der Waals surface area contributed by atoms with E-state index in [4.69, 9.17) is 4.98 Å². The molecule has 1 atom stereocenters. The molecule has 2 saturated heterocycles. The van der Waals surface area contributed by atoms with Crippen LogP contribution in [-0.2, 0) is 11.8 Å². The predicted octanol–water partition coefficient (Wildman–Crippen LogP) is 3.50. The Morgan fingerprint density at radius 1 is 1.02 bits per heavy atom. The van der Waals surface area contributed by atoms with Crippen LogP contribution < -0.4 is 4.90 Å². The van der Waals surface area contributed by atoms with Gasteiger partial charge in [0.15, 0.2) is 0 Å². The number of nitriles is 1. The number of aliphatic hydroxyl groups excluding tert-OH is 1. The monoisotopic (exact) mass is 538 g/mol. The molecular formula is C30H34N8O2. The number of pyridine rings is 2. The molecule has 0 bridgehead atoms. The number of piperidine rings is 1. The van der Waals surface area contributed by atoms with E-state index in [0.717, 1.165) is 79.0 Å². The van der Waals surface area contributed by atoms with Gasteiger partial charge in [-0.15, -0.1) is 0 Å². The third-order valence-corrected chi connectivity index (χ3v) is 8.61. The number of carbonyl (C=O) groups excluding carboxylic acids is 1. The van der Waals surface area contributed by atoms with Gasteiger partial charge in [-0.3, -0.25) is 9.48 Å². The Labute approximate surface area is 233 Å². The van der Waals surface area contributed by atoms with E-state index in [-0.39, 0.29) is 17.2 Å². The van der Waals surface area contributed by atoms with E-state index in [1.807, 2.05) is 56.6 Å². The Bertz CT molecular complexity index is 1590. The molecule has 2 aliphatic heterocycles. The van der Waals surface area contributed by atoms with Crippen LogP contribution in [0, 0.1) is 22.7 Å². The highest BCUT2D eigenvalue weighted by molar-refractivity contribution is 5.87. The number of rotatable bonds is 5. The van der Waals surface area contributed by atoms with Gasteiger partial charge in [0.2, 0.25) is 0 Å². The average molecular weight is 539 g/mol. The van der Waals surface area contributed by atoms with Crippen LogP contribution in [0.1, 0.15) is 38.7 Å². The number of carbonyl (C=O) groups is 1. The molecule has 2 aliphatic rings. The number of aromatic nitrogens is 5. The van der Waals surface area contributed by atoms with Crippen molar-refractivity contribution in [2.24, 2.45) is 18.4 Å². The summed E-state index contributed by atoms with van der Waals surface area (Å²) in [5.74, 6) is 0.716. The lowest BCUT2D eigenvalue weighted by Gasteiger charge is -2.40. The zero-order valence-corrected chi connectivity index (χ0v) is 23.2. The van der Waals surface area contributed by atoms with Crippen LogP contribution in [0.25, 0.3) is 27.8 Å². The first-order valence-corrected chi connectivity index (χ1v) is 13.9. The van der Waals surface area contributed by atoms with Gasteiger partial charge in [-0.1, -0.05) is 13.8 Å². The third-order valence-electron chi connectivity index (χ3n) is 8.61. The quantitative estimate of drug-likeness (QED) is 0.413. The molecule has 6 rings (SSSR count). The second kappa shape index (κ2) is 10.1. The molecule has 1 spiro atoms. The highest BCUT2D eigenvalue weighted by Gasteiger charge is 2.43. The average Bonchev–Trinajstić information content (AvgIpc) is 3.71. The van der Waals surface area contributed by atoms with E-state index >= 15 is 0 Å². The molecule has 0 saturated carbocycles. The van der Waals surface area contributed by atoms with Gasteiger partial charge in [0, 0.05) is 74.1 Å². The number of aliphatic hydroxyl groups is 1. The summed E-state index contributed by atoms with van der Waals surface area (Å²) < 4.78 is 3.52. The normalized spacial score (nSPS) is 17.6. The number of likely N-dealkylation sites (tertiary alicyclic amines) is 1. The maximum absolute atomic E-state index is 12.7. The van der Waals surface area contributed by atoms with Crippen molar-refractivity contribution in [2.75, 3.05) is 31.1 Å². The molecule has 1 N–H and O–H groups in total. The second-order valence-corrected chi connectivity index (χ2v) is 11.6. The predicted molar refractivity (Wildman–Crippen MR) is 151 cm³/mol. The molecule has 1 amide bonds. The molecular weight excluding hydrogens is 504 g/mol. The Hall–Kier alpha value is -4.23. The summed E-state index contributed by atoms with van der Waals surface area (Å²) in [5, 5.41) is 28.7. The standard InChI is InChI=1S/C30H34N8O2/c1-20(2)28(39)29(40)37-11-8-30(19-37)6-9-36(10-7-30)26-5-4-21(14-32-26)25-12-22(24-16-33-35(3)17-24)18-38-27(25)23(13-31)15-34-38/h4-5,12,14-18,20,28,39H,6-11,19H2,1-3H3. The lowest BCUT2D eigenvalue weighted by atomic mass is 9.78. The molecule has 10 heteroatoms. The number of aryl methyl sites for hydroxylation is 1. The number of hydrogen-bond acceptors (Lipinski definition) is 7. The van der Waals surface area contributed by atoms with Crippen LogP contribution in [0.3, 0.4) is 0 Å². The first kappa shape index (κ1) is 26.0. The van der Waals surface area contributed by atoms with Crippen molar-refractivity contribution >= 4 is 17.2 Å². The number of nitrogens with zero attached hydrogens (tertiary/aromatic N) is 8. The second-order valence-electron chi connectivity index (χ2n) is 11.6. The van der Waals surface area contributed by atoms with E-state index in [1.165, 1.54) is 0 Å². The molecule has 0 aromatic carbocycles. The molecule has 40 heavy (non-hydrogen) atoms. The largest absolute Gasteiger partial charge is 0.383 e. The third kappa shape index (κ3) is 4.60. The fourth-order valence-electron chi connectivity index (χ4n) is 6.10. The van der Waals surface area contributed by atoms with E-state index in [1.54, 1.807) is 15.4 Å². The van der Waals surface area contributed by atoms with Crippen molar-refractivity contribution < 1.29 is 9.90 Å². The molecule has 1 unspecified atom stereocenters. The first-order valence-electron chi connectivity index (χ1n) is 13.9. The number of hydrogen-bond donors (Lipinski definition) is 1. The minimum Gasteiger partial charge on any atom is -0.383 e. The zero-order chi connectivity index (χ0) is 28.0. The smallest absolute Gasteiger partial charge is 0.251 e. The van der Waals surface area contributed by atoms with Gasteiger partial charge < -0.3 is 14.9 Å². The minimum atomic E-state index is -0.920. The maximum Gasteiger partial charge on any atom is 0.251 e. The van der Waals surface area contributed by atoms with Crippen LogP contribution in [0.2, 0.25) is 0 Å². The Morgan fingerprint density at radius 2 is 1.80 bits per heavy atom. The van der Waals surface area contributed by atoms with Gasteiger partial charge in [-0.05, 0) is 48.8 Å². The van der Waals surface area contributed by atoms with Gasteiger partial charge in [0.1, 0.15) is 18.0 Å². The molecule has 4 aromatic rings. The van der Waals surface area contributed by atoms with Gasteiger partial charge >= 0.3 is 0 Å². The lowest BCUT2D eigenvalue weighted by Crippen LogP contribution is -2.44. The topological polar surface area (TPSA) is 116 Å². The van der Waals surface area contributed by atoms with E-state index in [0.29, 0.717) is 5.56 Å². The van der Waals surface area contributed by atoms with Crippen LogP contribution in [0.4, 0.5) is 5.82 Å². The van der Waals surface area contributed by atoms with Gasteiger partial charge in [-0.25, -0.2) is 9.50 Å². The molecule has 0 aliphatic carbocycles. The maximum atomic E-state index is 12.7. The Kier molecular flexibility index (Phi) is 6.55. The number of amides is 1. The number of anilines is 1. The summed E-state index contributed by atoms with van der Waals surface area (Å²) in [4.78, 5) is 21.7. The zero-order valence-electron chi connectivity index (χ0n) is 23.2. The van der Waals surface area contributed by atoms with E-state index < -0.39 is 6.10 Å². The van der Waals surface area contributed by atoms with Crippen molar-refractivity contribution in [3.05, 3.63) is 54.7 Å². The van der Waals surface area contributed by atoms with Crippen molar-refractivity contribution in [2.45, 2.75) is 39.2 Å². The van der Waals surface area contributed by atoms with Crippen molar-refractivity contribution in [3.8, 4) is 28.3 Å². The first-order chi connectivity index (χ1) is 19.3. The summed E-state index contributed by atoms with van der Waals surface area (Å²) in [6.07, 6.45) is 11.2. The Balaban J connectivity index is 1.20.